The summed E-state index contributed by atoms with van der Waals surface area (Å²) in [6.45, 7) is 4.53. The van der Waals surface area contributed by atoms with Crippen LogP contribution in [0.25, 0.3) is 0 Å². The summed E-state index contributed by atoms with van der Waals surface area (Å²) in [5, 5.41) is 3.28. The van der Waals surface area contributed by atoms with Gasteiger partial charge in [-0.1, -0.05) is 19.1 Å². The van der Waals surface area contributed by atoms with Crippen molar-refractivity contribution in [3.05, 3.63) is 35.4 Å². The summed E-state index contributed by atoms with van der Waals surface area (Å²) >= 11 is 0. The zero-order valence-electron chi connectivity index (χ0n) is 13.7. The van der Waals surface area contributed by atoms with E-state index in [0.29, 0.717) is 12.1 Å². The third-order valence-electron chi connectivity index (χ3n) is 4.17. The van der Waals surface area contributed by atoms with Gasteiger partial charge in [-0.2, -0.15) is 13.2 Å². The number of nitrogens with one attached hydrogen (secondary N) is 1. The minimum atomic E-state index is -4.34. The summed E-state index contributed by atoms with van der Waals surface area (Å²) in [6, 6.07) is 5.10. The first kappa shape index (κ1) is 20.8. The van der Waals surface area contributed by atoms with Crippen LogP contribution in [0, 0.1) is 0 Å². The Bertz CT molecular complexity index is 514. The van der Waals surface area contributed by atoms with Crippen LogP contribution in [0.2, 0.25) is 0 Å². The largest absolute Gasteiger partial charge is 0.416 e. The molecule has 0 aliphatic carbocycles. The van der Waals surface area contributed by atoms with Gasteiger partial charge >= 0.3 is 6.18 Å². The number of halogens is 4. The van der Waals surface area contributed by atoms with Crippen molar-refractivity contribution in [2.45, 2.75) is 44.8 Å². The Morgan fingerprint density at radius 2 is 1.79 bits per heavy atom. The van der Waals surface area contributed by atoms with E-state index in [0.717, 1.165) is 44.5 Å². The van der Waals surface area contributed by atoms with Crippen molar-refractivity contribution in [2.75, 3.05) is 19.6 Å². The number of piperidine rings is 1. The van der Waals surface area contributed by atoms with Crippen molar-refractivity contribution >= 4 is 18.3 Å². The van der Waals surface area contributed by atoms with Gasteiger partial charge in [-0.05, 0) is 50.0 Å². The predicted molar refractivity (Wildman–Crippen MR) is 90.3 cm³/mol. The summed E-state index contributed by atoms with van der Waals surface area (Å²) in [5.74, 6) is -0.00138. The van der Waals surface area contributed by atoms with Gasteiger partial charge in [-0.15, -0.1) is 12.4 Å². The van der Waals surface area contributed by atoms with Crippen molar-refractivity contribution in [1.82, 2.24) is 10.2 Å². The molecular weight excluding hydrogens is 341 g/mol. The first-order chi connectivity index (χ1) is 10.9. The minimum absolute atomic E-state index is 0. The maximum atomic E-state index is 12.6. The number of amides is 1. The molecule has 1 aliphatic heterocycles. The Morgan fingerprint density at radius 3 is 2.29 bits per heavy atom. The Balaban J connectivity index is 0.00000288. The van der Waals surface area contributed by atoms with Crippen LogP contribution in [-0.4, -0.2) is 36.5 Å². The molecule has 0 spiro atoms. The van der Waals surface area contributed by atoms with Crippen LogP contribution in [0.15, 0.2) is 24.3 Å². The Kier molecular flexibility index (Phi) is 8.03. The van der Waals surface area contributed by atoms with Gasteiger partial charge in [-0.3, -0.25) is 4.79 Å². The van der Waals surface area contributed by atoms with Crippen LogP contribution >= 0.6 is 12.4 Å². The third-order valence-corrected chi connectivity index (χ3v) is 4.17. The number of nitrogens with zero attached hydrogens (tertiary/aromatic N) is 1. The molecule has 1 amide bonds. The predicted octanol–water partition coefficient (Wildman–Crippen LogP) is 3.66. The average Bonchev–Trinajstić information content (AvgIpc) is 2.53. The van der Waals surface area contributed by atoms with Crippen LogP contribution in [-0.2, 0) is 17.4 Å². The summed E-state index contributed by atoms with van der Waals surface area (Å²) in [4.78, 5) is 14.5. The average molecular weight is 365 g/mol. The lowest BCUT2D eigenvalue weighted by molar-refractivity contribution is -0.137. The molecule has 1 saturated heterocycles. The highest BCUT2D eigenvalue weighted by Crippen LogP contribution is 2.29. The Labute approximate surface area is 147 Å². The lowest BCUT2D eigenvalue weighted by atomic mass is 10.0. The van der Waals surface area contributed by atoms with E-state index in [4.69, 9.17) is 0 Å². The molecule has 0 radical (unpaired) electrons. The molecule has 1 heterocycles. The normalized spacial score (nSPS) is 15.7. The molecule has 24 heavy (non-hydrogen) atoms. The molecule has 1 aromatic rings. The van der Waals surface area contributed by atoms with Crippen LogP contribution in [0.5, 0.6) is 0 Å². The van der Waals surface area contributed by atoms with E-state index in [1.54, 1.807) is 0 Å². The van der Waals surface area contributed by atoms with Gasteiger partial charge in [0.15, 0.2) is 0 Å². The molecule has 136 valence electrons. The number of hydrogen-bond acceptors (Lipinski definition) is 2. The van der Waals surface area contributed by atoms with E-state index >= 15 is 0 Å². The highest BCUT2D eigenvalue weighted by Gasteiger charge is 2.30. The number of rotatable bonds is 5. The van der Waals surface area contributed by atoms with E-state index < -0.39 is 11.7 Å². The van der Waals surface area contributed by atoms with Gasteiger partial charge in [0.25, 0.3) is 0 Å². The molecule has 0 atom stereocenters. The lowest BCUT2D eigenvalue weighted by Crippen LogP contribution is -2.47. The fraction of sp³-hybridized carbons (Fsp3) is 0.588. The maximum absolute atomic E-state index is 12.6. The summed E-state index contributed by atoms with van der Waals surface area (Å²) in [6.07, 6.45) is -1.45. The van der Waals surface area contributed by atoms with Crippen LogP contribution in [0.3, 0.4) is 0 Å². The zero-order chi connectivity index (χ0) is 16.9. The van der Waals surface area contributed by atoms with Crippen molar-refractivity contribution in [3.8, 4) is 0 Å². The quantitative estimate of drug-likeness (QED) is 0.864. The topological polar surface area (TPSA) is 32.3 Å². The van der Waals surface area contributed by atoms with E-state index in [-0.39, 0.29) is 30.8 Å². The Hall–Kier alpha value is -1.27. The minimum Gasteiger partial charge on any atom is -0.339 e. The van der Waals surface area contributed by atoms with Crippen molar-refractivity contribution in [2.24, 2.45) is 0 Å². The van der Waals surface area contributed by atoms with Crippen molar-refractivity contribution in [1.29, 1.82) is 0 Å². The van der Waals surface area contributed by atoms with Gasteiger partial charge in [0.2, 0.25) is 5.91 Å². The SMILES string of the molecule is CCCN(C(=O)Cc1ccc(C(F)(F)F)cc1)C1CCNCC1.Cl. The summed E-state index contributed by atoms with van der Waals surface area (Å²) in [5.41, 5.74) is -0.0597. The summed E-state index contributed by atoms with van der Waals surface area (Å²) in [7, 11) is 0. The molecule has 3 nitrogen and oxygen atoms in total. The van der Waals surface area contributed by atoms with E-state index in [9.17, 15) is 18.0 Å². The van der Waals surface area contributed by atoms with Gasteiger partial charge in [0.05, 0.1) is 12.0 Å². The second kappa shape index (κ2) is 9.28. The molecule has 1 fully saturated rings. The zero-order valence-corrected chi connectivity index (χ0v) is 14.6. The molecule has 0 saturated carbocycles. The van der Waals surface area contributed by atoms with E-state index in [2.05, 4.69) is 5.32 Å². The molecule has 0 bridgehead atoms. The van der Waals surface area contributed by atoms with Crippen LogP contribution < -0.4 is 5.32 Å². The lowest BCUT2D eigenvalue weighted by Gasteiger charge is -2.34. The fourth-order valence-corrected chi connectivity index (χ4v) is 2.96. The highest BCUT2D eigenvalue weighted by molar-refractivity contribution is 5.85. The number of carbonyl (C=O) groups is 1. The molecule has 0 aromatic heterocycles. The van der Waals surface area contributed by atoms with Crippen LogP contribution in [0.4, 0.5) is 13.2 Å². The monoisotopic (exact) mass is 364 g/mol. The number of carbonyl (C=O) groups excluding carboxylic acids is 1. The first-order valence-electron chi connectivity index (χ1n) is 8.08. The maximum Gasteiger partial charge on any atom is 0.416 e. The third kappa shape index (κ3) is 5.67. The fourth-order valence-electron chi connectivity index (χ4n) is 2.96. The molecule has 2 rings (SSSR count). The highest BCUT2D eigenvalue weighted by atomic mass is 35.5. The van der Waals surface area contributed by atoms with Crippen LogP contribution in [0.1, 0.15) is 37.3 Å². The Morgan fingerprint density at radius 1 is 1.21 bits per heavy atom. The molecule has 0 unspecified atom stereocenters. The molecule has 7 heteroatoms. The van der Waals surface area contributed by atoms with E-state index in [1.165, 1.54) is 12.1 Å². The number of benzene rings is 1. The molecular formula is C17H24ClF3N2O. The number of hydrogen-bond donors (Lipinski definition) is 1. The standard InChI is InChI=1S/C17H23F3N2O.ClH/c1-2-11-22(15-7-9-21-10-8-15)16(23)12-13-3-5-14(6-4-13)17(18,19)20;/h3-6,15,21H,2,7-12H2,1H3;1H. The number of alkyl halides is 3. The van der Waals surface area contributed by atoms with Gasteiger partial charge in [0, 0.05) is 12.6 Å². The van der Waals surface area contributed by atoms with Crippen molar-refractivity contribution < 1.29 is 18.0 Å². The van der Waals surface area contributed by atoms with E-state index in [1.807, 2.05) is 11.8 Å². The second-order valence-electron chi connectivity index (χ2n) is 5.94. The summed E-state index contributed by atoms with van der Waals surface area (Å²) < 4.78 is 37.7. The van der Waals surface area contributed by atoms with Gasteiger partial charge in [-0.25, -0.2) is 0 Å². The van der Waals surface area contributed by atoms with Crippen molar-refractivity contribution in [3.63, 3.8) is 0 Å². The smallest absolute Gasteiger partial charge is 0.339 e. The van der Waals surface area contributed by atoms with Gasteiger partial charge in [0.1, 0.15) is 0 Å². The second-order valence-corrected chi connectivity index (χ2v) is 5.94. The molecule has 1 aromatic carbocycles. The molecule has 1 aliphatic rings. The molecule has 1 N–H and O–H groups in total. The van der Waals surface area contributed by atoms with Gasteiger partial charge < -0.3 is 10.2 Å². The first-order valence-corrected chi connectivity index (χ1v) is 8.08.